The van der Waals surface area contributed by atoms with E-state index in [0.717, 1.165) is 10.5 Å². The van der Waals surface area contributed by atoms with Gasteiger partial charge in [-0.1, -0.05) is 0 Å². The van der Waals surface area contributed by atoms with Crippen LogP contribution in [0.25, 0.3) is 6.08 Å². The zero-order chi connectivity index (χ0) is 9.68. The highest BCUT2D eigenvalue weighted by molar-refractivity contribution is 9.10. The molecule has 0 saturated heterocycles. The molecular weight excluding hydrogens is 236 g/mol. The molecule has 1 aromatic heterocycles. The summed E-state index contributed by atoms with van der Waals surface area (Å²) in [6.45, 7) is 0. The first-order chi connectivity index (χ1) is 6.18. The molecule has 0 spiro atoms. The summed E-state index contributed by atoms with van der Waals surface area (Å²) in [6.07, 6.45) is 5.43. The predicted octanol–water partition coefficient (Wildman–Crippen LogP) is 1.49. The van der Waals surface area contributed by atoms with Gasteiger partial charge >= 0.3 is 5.97 Å². The zero-order valence-corrected chi connectivity index (χ0v) is 8.02. The lowest BCUT2D eigenvalue weighted by atomic mass is 10.5. The number of halogens is 1. The third kappa shape index (κ3) is 3.64. The van der Waals surface area contributed by atoms with Gasteiger partial charge in [-0.2, -0.15) is 0 Å². The summed E-state index contributed by atoms with van der Waals surface area (Å²) in [5, 5.41) is 8.25. The number of hydrogen-bond acceptors (Lipinski definition) is 3. The van der Waals surface area contributed by atoms with E-state index in [1.165, 1.54) is 6.08 Å². The van der Waals surface area contributed by atoms with Crippen molar-refractivity contribution in [3.8, 4) is 0 Å². The van der Waals surface area contributed by atoms with Crippen molar-refractivity contribution >= 4 is 28.0 Å². The van der Waals surface area contributed by atoms with E-state index >= 15 is 0 Å². The molecule has 4 nitrogen and oxygen atoms in total. The van der Waals surface area contributed by atoms with E-state index in [9.17, 15) is 4.79 Å². The quantitative estimate of drug-likeness (QED) is 0.629. The maximum absolute atomic E-state index is 10.1. The second-order valence-electron chi connectivity index (χ2n) is 2.05. The Morgan fingerprint density at radius 1 is 1.54 bits per heavy atom. The molecule has 1 heterocycles. The van der Waals surface area contributed by atoms with E-state index in [0.29, 0.717) is 5.82 Å². The number of carboxylic acid groups (broad SMARTS) is 1. The number of rotatable bonds is 2. The second kappa shape index (κ2) is 4.54. The third-order valence-electron chi connectivity index (χ3n) is 1.06. The van der Waals surface area contributed by atoms with Crippen LogP contribution < -0.4 is 0 Å². The van der Waals surface area contributed by atoms with Gasteiger partial charge in [0.2, 0.25) is 0 Å². The molecule has 0 aliphatic rings. The SMILES string of the molecule is O=C(O)C=C=Cc1ncc(Br)cn1. The molecule has 66 valence electrons. The molecule has 1 N–H and O–H groups in total. The van der Waals surface area contributed by atoms with Crippen LogP contribution in [-0.2, 0) is 4.79 Å². The average Bonchev–Trinajstić information content (AvgIpc) is 2.08. The van der Waals surface area contributed by atoms with E-state index in [4.69, 9.17) is 5.11 Å². The fourth-order valence-corrected chi connectivity index (χ4v) is 0.789. The summed E-state index contributed by atoms with van der Waals surface area (Å²) in [5.41, 5.74) is 2.43. The van der Waals surface area contributed by atoms with Crippen LogP contribution in [0.4, 0.5) is 0 Å². The molecule has 13 heavy (non-hydrogen) atoms. The Hall–Kier alpha value is -1.45. The van der Waals surface area contributed by atoms with Crippen LogP contribution in [0.2, 0.25) is 0 Å². The maximum atomic E-state index is 10.1. The Labute approximate surface area is 82.8 Å². The van der Waals surface area contributed by atoms with E-state index < -0.39 is 5.97 Å². The standard InChI is InChI=1S/C8H5BrN2O2/c9-6-4-10-7(11-5-6)2-1-3-8(12)13/h2-5H,(H,12,13). The molecule has 1 aromatic rings. The maximum Gasteiger partial charge on any atom is 0.336 e. The highest BCUT2D eigenvalue weighted by Crippen LogP contribution is 2.04. The Morgan fingerprint density at radius 2 is 2.15 bits per heavy atom. The summed E-state index contributed by atoms with van der Waals surface area (Å²) >= 11 is 3.18. The third-order valence-corrected chi connectivity index (χ3v) is 1.47. The fourth-order valence-electron chi connectivity index (χ4n) is 0.584. The summed E-state index contributed by atoms with van der Waals surface area (Å²) in [6, 6.07) is 0. The predicted molar refractivity (Wildman–Crippen MR) is 49.9 cm³/mol. The van der Waals surface area contributed by atoms with Crippen LogP contribution in [0.1, 0.15) is 5.82 Å². The number of hydrogen-bond donors (Lipinski definition) is 1. The lowest BCUT2D eigenvalue weighted by molar-refractivity contribution is -0.131. The molecule has 0 fully saturated rings. The van der Waals surface area contributed by atoms with Crippen molar-refractivity contribution in [3.05, 3.63) is 34.5 Å². The Balaban J connectivity index is 2.81. The first-order valence-electron chi connectivity index (χ1n) is 3.31. The number of aromatic nitrogens is 2. The van der Waals surface area contributed by atoms with Crippen LogP contribution in [0.5, 0.6) is 0 Å². The molecule has 0 saturated carbocycles. The first kappa shape index (κ1) is 9.64. The molecule has 0 amide bonds. The Bertz CT molecular complexity index is 366. The van der Waals surface area contributed by atoms with Gasteiger partial charge in [0, 0.05) is 18.5 Å². The smallest absolute Gasteiger partial charge is 0.336 e. The van der Waals surface area contributed by atoms with Crippen LogP contribution >= 0.6 is 15.9 Å². The lowest BCUT2D eigenvalue weighted by Crippen LogP contribution is -1.85. The molecule has 0 bridgehead atoms. The van der Waals surface area contributed by atoms with Gasteiger partial charge in [-0.05, 0) is 15.9 Å². The summed E-state index contributed by atoms with van der Waals surface area (Å²) < 4.78 is 0.770. The normalized spacial score (nSPS) is 8.69. The molecule has 0 unspecified atom stereocenters. The van der Waals surface area contributed by atoms with Gasteiger partial charge in [-0.15, -0.1) is 5.73 Å². The van der Waals surface area contributed by atoms with E-state index in [1.807, 2.05) is 0 Å². The molecule has 1 rings (SSSR count). The first-order valence-corrected chi connectivity index (χ1v) is 4.11. The van der Waals surface area contributed by atoms with Crippen LogP contribution in [-0.4, -0.2) is 21.0 Å². The van der Waals surface area contributed by atoms with Crippen molar-refractivity contribution in [2.75, 3.05) is 0 Å². The minimum Gasteiger partial charge on any atom is -0.478 e. The molecule has 0 radical (unpaired) electrons. The van der Waals surface area contributed by atoms with Gasteiger partial charge in [0.05, 0.1) is 10.5 Å². The average molecular weight is 241 g/mol. The number of carbonyl (C=O) groups is 1. The molecule has 0 aromatic carbocycles. The highest BCUT2D eigenvalue weighted by Gasteiger charge is 1.89. The molecule has 0 aliphatic heterocycles. The van der Waals surface area contributed by atoms with E-state index in [-0.39, 0.29) is 0 Å². The largest absolute Gasteiger partial charge is 0.478 e. The van der Waals surface area contributed by atoms with E-state index in [1.54, 1.807) is 12.4 Å². The summed E-state index contributed by atoms with van der Waals surface area (Å²) in [7, 11) is 0. The molecule has 5 heteroatoms. The van der Waals surface area contributed by atoms with Gasteiger partial charge in [0.1, 0.15) is 0 Å². The van der Waals surface area contributed by atoms with Gasteiger partial charge in [-0.3, -0.25) is 0 Å². The molecular formula is C8H5BrN2O2. The van der Waals surface area contributed by atoms with Crippen molar-refractivity contribution in [2.45, 2.75) is 0 Å². The van der Waals surface area contributed by atoms with Crippen LogP contribution in [0.3, 0.4) is 0 Å². The van der Waals surface area contributed by atoms with Gasteiger partial charge in [-0.25, -0.2) is 14.8 Å². The minimum atomic E-state index is -1.05. The summed E-state index contributed by atoms with van der Waals surface area (Å²) in [5.74, 6) is -0.630. The number of nitrogens with zero attached hydrogens (tertiary/aromatic N) is 2. The fraction of sp³-hybridized carbons (Fsp3) is 0. The molecule has 0 atom stereocenters. The zero-order valence-electron chi connectivity index (χ0n) is 6.44. The van der Waals surface area contributed by atoms with Crippen molar-refractivity contribution in [3.63, 3.8) is 0 Å². The monoisotopic (exact) mass is 240 g/mol. The number of carboxylic acids is 1. The molecule has 0 aliphatic carbocycles. The number of aliphatic carboxylic acids is 1. The minimum absolute atomic E-state index is 0.417. The Kier molecular flexibility index (Phi) is 3.37. The highest BCUT2D eigenvalue weighted by atomic mass is 79.9. The Morgan fingerprint density at radius 3 is 2.69 bits per heavy atom. The van der Waals surface area contributed by atoms with Crippen molar-refractivity contribution in [1.82, 2.24) is 9.97 Å². The van der Waals surface area contributed by atoms with Gasteiger partial charge in [0.25, 0.3) is 0 Å². The van der Waals surface area contributed by atoms with Crippen molar-refractivity contribution < 1.29 is 9.90 Å². The van der Waals surface area contributed by atoms with E-state index in [2.05, 4.69) is 31.6 Å². The van der Waals surface area contributed by atoms with Crippen LogP contribution in [0.15, 0.2) is 28.7 Å². The van der Waals surface area contributed by atoms with Gasteiger partial charge < -0.3 is 5.11 Å². The topological polar surface area (TPSA) is 63.1 Å². The lowest BCUT2D eigenvalue weighted by Gasteiger charge is -1.88. The second-order valence-corrected chi connectivity index (χ2v) is 2.97. The van der Waals surface area contributed by atoms with Gasteiger partial charge in [0.15, 0.2) is 5.82 Å². The van der Waals surface area contributed by atoms with Crippen LogP contribution in [0, 0.1) is 0 Å². The van der Waals surface area contributed by atoms with Crippen molar-refractivity contribution in [1.29, 1.82) is 0 Å². The van der Waals surface area contributed by atoms with Crippen molar-refractivity contribution in [2.24, 2.45) is 0 Å². The summed E-state index contributed by atoms with van der Waals surface area (Å²) in [4.78, 5) is 17.8.